The Morgan fingerprint density at radius 3 is 2.38 bits per heavy atom. The highest BCUT2D eigenvalue weighted by molar-refractivity contribution is 5.27. The lowest BCUT2D eigenvalue weighted by Gasteiger charge is -2.07. The minimum atomic E-state index is -4.42. The molecule has 0 atom stereocenters. The molecule has 1 heterocycles. The van der Waals surface area contributed by atoms with Crippen molar-refractivity contribution in [1.29, 1.82) is 0 Å². The third-order valence-electron chi connectivity index (χ3n) is 1.37. The Morgan fingerprint density at radius 1 is 1.31 bits per heavy atom. The van der Waals surface area contributed by atoms with Crippen molar-refractivity contribution < 1.29 is 13.2 Å². The summed E-state index contributed by atoms with van der Waals surface area (Å²) in [5.74, 6) is -0.0210. The summed E-state index contributed by atoms with van der Waals surface area (Å²) >= 11 is 0. The Kier molecular flexibility index (Phi) is 2.40. The van der Waals surface area contributed by atoms with Gasteiger partial charge in [0, 0.05) is 12.7 Å². The number of nitrogens with zero attached hydrogens (tertiary/aromatic N) is 2. The molecule has 3 nitrogen and oxygen atoms in total. The standard InChI is InChI=1S/C7H8F3N3/c1-4-3-5(7(8,9)10)13-6(11-2)12-4/h3H,1-2H3,(H,11,12,13). The van der Waals surface area contributed by atoms with Gasteiger partial charge in [-0.15, -0.1) is 0 Å². The molecule has 0 aromatic carbocycles. The zero-order valence-corrected chi connectivity index (χ0v) is 7.11. The molecule has 0 radical (unpaired) electrons. The number of aryl methyl sites for hydroxylation is 1. The highest BCUT2D eigenvalue weighted by Crippen LogP contribution is 2.28. The van der Waals surface area contributed by atoms with Crippen LogP contribution in [-0.4, -0.2) is 17.0 Å². The van der Waals surface area contributed by atoms with Gasteiger partial charge in [0.05, 0.1) is 0 Å². The van der Waals surface area contributed by atoms with Gasteiger partial charge in [0.2, 0.25) is 5.95 Å². The number of halogens is 3. The van der Waals surface area contributed by atoms with Crippen LogP contribution < -0.4 is 5.32 Å². The third-order valence-corrected chi connectivity index (χ3v) is 1.37. The van der Waals surface area contributed by atoms with Gasteiger partial charge < -0.3 is 5.32 Å². The zero-order chi connectivity index (χ0) is 10.1. The fourth-order valence-electron chi connectivity index (χ4n) is 0.826. The molecule has 1 N–H and O–H groups in total. The van der Waals surface area contributed by atoms with Crippen LogP contribution in [0.1, 0.15) is 11.4 Å². The highest BCUT2D eigenvalue weighted by atomic mass is 19.4. The number of alkyl halides is 3. The first kappa shape index (κ1) is 9.76. The van der Waals surface area contributed by atoms with Crippen molar-refractivity contribution in [3.8, 4) is 0 Å². The molecule has 6 heteroatoms. The zero-order valence-electron chi connectivity index (χ0n) is 7.11. The molecule has 0 unspecified atom stereocenters. The summed E-state index contributed by atoms with van der Waals surface area (Å²) in [6.45, 7) is 1.48. The first-order valence-electron chi connectivity index (χ1n) is 3.54. The van der Waals surface area contributed by atoms with Gasteiger partial charge in [-0.25, -0.2) is 9.97 Å². The summed E-state index contributed by atoms with van der Waals surface area (Å²) in [7, 11) is 1.47. The van der Waals surface area contributed by atoms with Crippen LogP contribution >= 0.6 is 0 Å². The van der Waals surface area contributed by atoms with Crippen molar-refractivity contribution in [2.24, 2.45) is 0 Å². The van der Waals surface area contributed by atoms with E-state index in [1.807, 2.05) is 0 Å². The van der Waals surface area contributed by atoms with E-state index in [1.54, 1.807) is 0 Å². The minimum Gasteiger partial charge on any atom is -0.357 e. The quantitative estimate of drug-likeness (QED) is 0.736. The molecule has 0 aliphatic heterocycles. The van der Waals surface area contributed by atoms with Crippen molar-refractivity contribution in [2.45, 2.75) is 13.1 Å². The van der Waals surface area contributed by atoms with E-state index in [2.05, 4.69) is 15.3 Å². The second kappa shape index (κ2) is 3.20. The van der Waals surface area contributed by atoms with E-state index in [0.29, 0.717) is 0 Å². The van der Waals surface area contributed by atoms with Crippen LogP contribution in [0.5, 0.6) is 0 Å². The van der Waals surface area contributed by atoms with E-state index in [4.69, 9.17) is 0 Å². The molecular weight excluding hydrogens is 183 g/mol. The summed E-state index contributed by atoms with van der Waals surface area (Å²) in [4.78, 5) is 7.02. The Labute approximate surface area is 73.0 Å². The summed E-state index contributed by atoms with van der Waals surface area (Å²) in [6.07, 6.45) is -4.42. The topological polar surface area (TPSA) is 37.8 Å². The van der Waals surface area contributed by atoms with E-state index in [1.165, 1.54) is 14.0 Å². The number of nitrogens with one attached hydrogen (secondary N) is 1. The van der Waals surface area contributed by atoms with E-state index < -0.39 is 11.9 Å². The Morgan fingerprint density at radius 2 is 1.92 bits per heavy atom. The minimum absolute atomic E-state index is 0.0210. The second-order valence-electron chi connectivity index (χ2n) is 2.47. The molecule has 72 valence electrons. The Hall–Kier alpha value is -1.33. The predicted octanol–water partition coefficient (Wildman–Crippen LogP) is 1.85. The van der Waals surface area contributed by atoms with Crippen molar-refractivity contribution >= 4 is 5.95 Å². The monoisotopic (exact) mass is 191 g/mol. The molecular formula is C7H8F3N3. The molecule has 1 aromatic rings. The molecule has 1 rings (SSSR count). The second-order valence-corrected chi connectivity index (χ2v) is 2.47. The van der Waals surface area contributed by atoms with Crippen LogP contribution in [0.15, 0.2) is 6.07 Å². The van der Waals surface area contributed by atoms with Gasteiger partial charge in [-0.2, -0.15) is 13.2 Å². The highest BCUT2D eigenvalue weighted by Gasteiger charge is 2.33. The van der Waals surface area contributed by atoms with Crippen LogP contribution in [0.3, 0.4) is 0 Å². The van der Waals surface area contributed by atoms with E-state index in [0.717, 1.165) is 6.07 Å². The van der Waals surface area contributed by atoms with Gasteiger partial charge in [-0.1, -0.05) is 0 Å². The molecule has 13 heavy (non-hydrogen) atoms. The Bertz CT molecular complexity index is 308. The van der Waals surface area contributed by atoms with Gasteiger partial charge in [0.25, 0.3) is 0 Å². The van der Waals surface area contributed by atoms with Crippen molar-refractivity contribution in [3.63, 3.8) is 0 Å². The summed E-state index contributed by atoms with van der Waals surface area (Å²) in [6, 6.07) is 0.904. The molecule has 0 fully saturated rings. The van der Waals surface area contributed by atoms with E-state index in [9.17, 15) is 13.2 Å². The lowest BCUT2D eigenvalue weighted by Crippen LogP contribution is -2.11. The van der Waals surface area contributed by atoms with Crippen LogP contribution in [0, 0.1) is 6.92 Å². The molecule has 0 aliphatic carbocycles. The number of hydrogen-bond donors (Lipinski definition) is 1. The summed E-state index contributed by atoms with van der Waals surface area (Å²) in [5.41, 5.74) is -0.643. The van der Waals surface area contributed by atoms with Gasteiger partial charge in [-0.3, -0.25) is 0 Å². The molecule has 0 aliphatic rings. The fraction of sp³-hybridized carbons (Fsp3) is 0.429. The first-order chi connectivity index (χ1) is 5.93. The molecule has 0 amide bonds. The largest absolute Gasteiger partial charge is 0.433 e. The lowest BCUT2D eigenvalue weighted by molar-refractivity contribution is -0.141. The third kappa shape index (κ3) is 2.30. The molecule has 0 spiro atoms. The lowest BCUT2D eigenvalue weighted by atomic mass is 10.3. The molecule has 1 aromatic heterocycles. The van der Waals surface area contributed by atoms with Gasteiger partial charge >= 0.3 is 6.18 Å². The van der Waals surface area contributed by atoms with Crippen molar-refractivity contribution in [3.05, 3.63) is 17.5 Å². The van der Waals surface area contributed by atoms with E-state index >= 15 is 0 Å². The van der Waals surface area contributed by atoms with Crippen molar-refractivity contribution in [1.82, 2.24) is 9.97 Å². The van der Waals surface area contributed by atoms with Gasteiger partial charge in [0.15, 0.2) is 0 Å². The normalized spacial score (nSPS) is 11.5. The number of anilines is 1. The maximum absolute atomic E-state index is 12.2. The SMILES string of the molecule is CNc1nc(C)cc(C(F)(F)F)n1. The number of rotatable bonds is 1. The van der Waals surface area contributed by atoms with Gasteiger partial charge in [0.1, 0.15) is 5.69 Å². The first-order valence-corrected chi connectivity index (χ1v) is 3.54. The summed E-state index contributed by atoms with van der Waals surface area (Å²) in [5, 5.41) is 2.46. The van der Waals surface area contributed by atoms with Crippen molar-refractivity contribution in [2.75, 3.05) is 12.4 Å². The predicted molar refractivity (Wildman–Crippen MR) is 41.3 cm³/mol. The van der Waals surface area contributed by atoms with Crippen LogP contribution in [0.4, 0.5) is 19.1 Å². The van der Waals surface area contributed by atoms with E-state index in [-0.39, 0.29) is 11.6 Å². The number of hydrogen-bond acceptors (Lipinski definition) is 3. The Balaban J connectivity index is 3.16. The molecule has 0 saturated heterocycles. The smallest absolute Gasteiger partial charge is 0.357 e. The van der Waals surface area contributed by atoms with Crippen LogP contribution in [0.25, 0.3) is 0 Å². The number of aromatic nitrogens is 2. The molecule has 0 bridgehead atoms. The maximum atomic E-state index is 12.2. The average molecular weight is 191 g/mol. The average Bonchev–Trinajstić information content (AvgIpc) is 2.01. The molecule has 0 saturated carbocycles. The maximum Gasteiger partial charge on any atom is 0.433 e. The summed E-state index contributed by atoms with van der Waals surface area (Å²) < 4.78 is 36.5. The van der Waals surface area contributed by atoms with Crippen LogP contribution in [-0.2, 0) is 6.18 Å². The van der Waals surface area contributed by atoms with Gasteiger partial charge in [-0.05, 0) is 13.0 Å². The van der Waals surface area contributed by atoms with Crippen LogP contribution in [0.2, 0.25) is 0 Å². The fourth-order valence-corrected chi connectivity index (χ4v) is 0.826.